The van der Waals surface area contributed by atoms with Crippen LogP contribution >= 0.6 is 0 Å². The van der Waals surface area contributed by atoms with Crippen LogP contribution in [0.2, 0.25) is 0 Å². The molecule has 146 valence electrons. The van der Waals surface area contributed by atoms with Gasteiger partial charge in [-0.2, -0.15) is 0 Å². The Kier molecular flexibility index (Phi) is 9.07. The summed E-state index contributed by atoms with van der Waals surface area (Å²) in [6, 6.07) is 0. The van der Waals surface area contributed by atoms with Gasteiger partial charge in [0.1, 0.15) is 24.4 Å². The molecule has 0 amide bonds. The molecule has 12 nitrogen and oxygen atoms in total. The van der Waals surface area contributed by atoms with Crippen LogP contribution in [0.15, 0.2) is 0 Å². The number of Topliss-reactive ketones (excluding diaryl/α,β-unsaturated/α-hetero) is 1. The molecule has 0 heterocycles. The lowest BCUT2D eigenvalue weighted by atomic mass is 9.98. The topological polar surface area (TPSA) is 211 Å². The van der Waals surface area contributed by atoms with E-state index in [1.54, 1.807) is 0 Å². The van der Waals surface area contributed by atoms with E-state index in [1.807, 2.05) is 0 Å². The number of ketones is 1. The van der Waals surface area contributed by atoms with Gasteiger partial charge in [0.2, 0.25) is 0 Å². The minimum Gasteiger partial charge on any atom is -0.394 e. The van der Waals surface area contributed by atoms with Crippen LogP contribution in [0, 0.1) is 0 Å². The first-order chi connectivity index (χ1) is 11.3. The molecule has 0 radical (unpaired) electrons. The van der Waals surface area contributed by atoms with Gasteiger partial charge in [-0.1, -0.05) is 0 Å². The van der Waals surface area contributed by atoms with E-state index in [4.69, 9.17) is 15.3 Å². The molecule has 0 aliphatic heterocycles. The monoisotopic (exact) mass is 370 g/mol. The summed E-state index contributed by atoms with van der Waals surface area (Å²) in [5.41, 5.74) is -2.45. The van der Waals surface area contributed by atoms with Crippen LogP contribution in [0.1, 0.15) is 20.3 Å². The lowest BCUT2D eigenvalue weighted by molar-refractivity contribution is -0.278. The molecule has 0 rings (SSSR count). The Morgan fingerprint density at radius 3 is 1.96 bits per heavy atom. The van der Waals surface area contributed by atoms with Gasteiger partial charge in [-0.15, -0.1) is 0 Å². The molecular weight excluding hydrogens is 348 g/mol. The zero-order valence-corrected chi connectivity index (χ0v) is 13.5. The number of carbonyl (C=O) groups is 3. The van der Waals surface area contributed by atoms with Gasteiger partial charge in [0, 0.05) is 6.42 Å². The van der Waals surface area contributed by atoms with E-state index in [0.717, 1.165) is 13.8 Å². The summed E-state index contributed by atoms with van der Waals surface area (Å²) in [6.07, 6.45) is -11.0. The van der Waals surface area contributed by atoms with Gasteiger partial charge in [-0.3, -0.25) is 4.79 Å². The second-order valence-electron chi connectivity index (χ2n) is 5.54. The molecule has 0 aromatic rings. The third kappa shape index (κ3) is 6.99. The summed E-state index contributed by atoms with van der Waals surface area (Å²) in [7, 11) is 0. The lowest BCUT2D eigenvalue weighted by Gasteiger charge is -2.24. The summed E-state index contributed by atoms with van der Waals surface area (Å²) < 4.78 is 0. The largest absolute Gasteiger partial charge is 0.394 e. The Bertz CT molecular complexity index is 474. The third-order valence-electron chi connectivity index (χ3n) is 3.12. The van der Waals surface area contributed by atoms with Gasteiger partial charge in [-0.25, -0.2) is 19.4 Å². The van der Waals surface area contributed by atoms with E-state index in [2.05, 4.69) is 9.78 Å². The fourth-order valence-corrected chi connectivity index (χ4v) is 1.44. The van der Waals surface area contributed by atoms with Crippen molar-refractivity contribution in [2.75, 3.05) is 6.61 Å². The summed E-state index contributed by atoms with van der Waals surface area (Å²) in [5, 5.41) is 64.6. The van der Waals surface area contributed by atoms with E-state index in [-0.39, 0.29) is 0 Å². The Morgan fingerprint density at radius 1 is 1.00 bits per heavy atom. The molecular formula is C13H22O12. The van der Waals surface area contributed by atoms with Gasteiger partial charge in [0.25, 0.3) is 0 Å². The third-order valence-corrected chi connectivity index (χ3v) is 3.12. The Labute approximate surface area is 141 Å². The number of hydrogen-bond donors (Lipinski definition) is 7. The summed E-state index contributed by atoms with van der Waals surface area (Å²) in [6.45, 7) is 0.971. The average Bonchev–Trinajstić information content (AvgIpc) is 2.55. The van der Waals surface area contributed by atoms with Crippen molar-refractivity contribution in [1.29, 1.82) is 0 Å². The average molecular weight is 370 g/mol. The standard InChI is InChI=1S/C13H22O12/c1-5(15)6(16)3-13(2,23)12(22)25-24-11(21)10(20)9(19)8(18)7(17)4-14/h5,7-10,14-15,17-20,23H,3-4H2,1-2H3. The molecule has 0 aliphatic carbocycles. The van der Waals surface area contributed by atoms with Crippen LogP contribution in [0.4, 0.5) is 0 Å². The van der Waals surface area contributed by atoms with Gasteiger partial charge in [0.05, 0.1) is 6.61 Å². The number of aliphatic hydroxyl groups excluding tert-OH is 6. The number of hydrogen-bond acceptors (Lipinski definition) is 12. The minimum absolute atomic E-state index is 0.843. The molecule has 0 saturated heterocycles. The Balaban J connectivity index is 4.67. The fourth-order valence-electron chi connectivity index (χ4n) is 1.44. The normalized spacial score (nSPS) is 19.7. The van der Waals surface area contributed by atoms with E-state index in [0.29, 0.717) is 0 Å². The molecule has 6 atom stereocenters. The molecule has 25 heavy (non-hydrogen) atoms. The molecule has 6 unspecified atom stereocenters. The van der Waals surface area contributed by atoms with Crippen molar-refractivity contribution in [3.8, 4) is 0 Å². The van der Waals surface area contributed by atoms with Crippen molar-refractivity contribution >= 4 is 17.7 Å². The first-order valence-electron chi connectivity index (χ1n) is 7.04. The Morgan fingerprint density at radius 2 is 1.52 bits per heavy atom. The quantitative estimate of drug-likeness (QED) is 0.151. The predicted octanol–water partition coefficient (Wildman–Crippen LogP) is -4.49. The maximum absolute atomic E-state index is 11.6. The van der Waals surface area contributed by atoms with Crippen molar-refractivity contribution < 1.29 is 59.9 Å². The highest BCUT2D eigenvalue weighted by Gasteiger charge is 2.40. The summed E-state index contributed by atoms with van der Waals surface area (Å²) >= 11 is 0. The molecule has 0 aromatic carbocycles. The van der Waals surface area contributed by atoms with Crippen LogP contribution < -0.4 is 0 Å². The number of rotatable bonds is 9. The highest BCUT2D eigenvalue weighted by molar-refractivity contribution is 5.90. The van der Waals surface area contributed by atoms with Crippen LogP contribution in [0.5, 0.6) is 0 Å². The molecule has 0 aromatic heterocycles. The smallest absolute Gasteiger partial charge is 0.386 e. The lowest BCUT2D eigenvalue weighted by Crippen LogP contribution is -2.49. The zero-order valence-electron chi connectivity index (χ0n) is 13.5. The van der Waals surface area contributed by atoms with E-state index < -0.39 is 66.9 Å². The van der Waals surface area contributed by atoms with Crippen molar-refractivity contribution in [2.45, 2.75) is 56.4 Å². The van der Waals surface area contributed by atoms with Crippen molar-refractivity contribution in [3.05, 3.63) is 0 Å². The van der Waals surface area contributed by atoms with Gasteiger partial charge >= 0.3 is 11.9 Å². The first kappa shape index (κ1) is 23.3. The molecule has 0 spiro atoms. The summed E-state index contributed by atoms with van der Waals surface area (Å²) in [4.78, 5) is 42.1. The van der Waals surface area contributed by atoms with E-state index >= 15 is 0 Å². The van der Waals surface area contributed by atoms with Gasteiger partial charge in [-0.05, 0) is 13.8 Å². The van der Waals surface area contributed by atoms with Crippen LogP contribution in [-0.2, 0) is 24.2 Å². The van der Waals surface area contributed by atoms with Gasteiger partial charge in [0.15, 0.2) is 17.5 Å². The minimum atomic E-state index is -2.46. The number of carbonyl (C=O) groups excluding carboxylic acids is 3. The van der Waals surface area contributed by atoms with Gasteiger partial charge < -0.3 is 35.7 Å². The second kappa shape index (κ2) is 9.72. The predicted molar refractivity (Wildman–Crippen MR) is 75.2 cm³/mol. The molecule has 12 heteroatoms. The highest BCUT2D eigenvalue weighted by Crippen LogP contribution is 2.14. The molecule has 0 bridgehead atoms. The maximum atomic E-state index is 11.6. The second-order valence-corrected chi connectivity index (χ2v) is 5.54. The van der Waals surface area contributed by atoms with Crippen molar-refractivity contribution in [3.63, 3.8) is 0 Å². The highest BCUT2D eigenvalue weighted by atomic mass is 17.2. The first-order valence-corrected chi connectivity index (χ1v) is 7.04. The van der Waals surface area contributed by atoms with Crippen molar-refractivity contribution in [1.82, 2.24) is 0 Å². The van der Waals surface area contributed by atoms with E-state index in [1.165, 1.54) is 0 Å². The van der Waals surface area contributed by atoms with Crippen LogP contribution in [-0.4, -0.2) is 96.2 Å². The fraction of sp³-hybridized carbons (Fsp3) is 0.769. The van der Waals surface area contributed by atoms with Crippen molar-refractivity contribution in [2.24, 2.45) is 0 Å². The Hall–Kier alpha value is -1.67. The maximum Gasteiger partial charge on any atom is 0.386 e. The molecule has 0 saturated carbocycles. The van der Waals surface area contributed by atoms with E-state index in [9.17, 15) is 34.8 Å². The summed E-state index contributed by atoms with van der Waals surface area (Å²) in [5.74, 6) is -4.26. The van der Waals surface area contributed by atoms with Crippen LogP contribution in [0.3, 0.4) is 0 Å². The number of aliphatic hydroxyl groups is 7. The molecule has 0 aliphatic rings. The SMILES string of the molecule is CC(O)C(=O)CC(C)(O)C(=O)OOC(=O)C(O)C(O)C(O)C(O)CO. The zero-order chi connectivity index (χ0) is 19.9. The molecule has 0 fully saturated rings. The van der Waals surface area contributed by atoms with Crippen LogP contribution in [0.25, 0.3) is 0 Å². The molecule has 7 N–H and O–H groups in total.